The summed E-state index contributed by atoms with van der Waals surface area (Å²) in [6.45, 7) is -0.246. The van der Waals surface area contributed by atoms with Crippen molar-refractivity contribution in [1.29, 1.82) is 0 Å². The Balaban J connectivity index is 2.40. The topological polar surface area (TPSA) is 81.4 Å². The summed E-state index contributed by atoms with van der Waals surface area (Å²) in [7, 11) is 1.48. The van der Waals surface area contributed by atoms with Gasteiger partial charge in [-0.1, -0.05) is 12.1 Å². The zero-order valence-corrected chi connectivity index (χ0v) is 9.03. The van der Waals surface area contributed by atoms with Crippen molar-refractivity contribution in [2.45, 2.75) is 6.42 Å². The average Bonchev–Trinajstić information content (AvgIpc) is 2.29. The highest BCUT2D eigenvalue weighted by molar-refractivity contribution is 5.80. The minimum Gasteiger partial charge on any atom is -0.455 e. The molecule has 5 nitrogen and oxygen atoms in total. The van der Waals surface area contributed by atoms with Gasteiger partial charge >= 0.3 is 5.97 Å². The van der Waals surface area contributed by atoms with E-state index in [-0.39, 0.29) is 18.9 Å². The number of esters is 1. The van der Waals surface area contributed by atoms with Crippen molar-refractivity contribution in [2.24, 2.45) is 0 Å². The molecule has 0 saturated carbocycles. The Morgan fingerprint density at radius 3 is 2.50 bits per heavy atom. The Labute approximate surface area is 93.6 Å². The zero-order chi connectivity index (χ0) is 12.0. The van der Waals surface area contributed by atoms with E-state index >= 15 is 0 Å². The van der Waals surface area contributed by atoms with Gasteiger partial charge in [-0.3, -0.25) is 9.59 Å². The molecule has 3 N–H and O–H groups in total. The number of amides is 1. The van der Waals surface area contributed by atoms with Gasteiger partial charge in [0.1, 0.15) is 0 Å². The van der Waals surface area contributed by atoms with Gasteiger partial charge in [0, 0.05) is 12.7 Å². The molecule has 0 aromatic heterocycles. The van der Waals surface area contributed by atoms with Crippen molar-refractivity contribution in [1.82, 2.24) is 5.32 Å². The van der Waals surface area contributed by atoms with Crippen LogP contribution in [-0.4, -0.2) is 25.5 Å². The van der Waals surface area contributed by atoms with Gasteiger partial charge < -0.3 is 15.8 Å². The first kappa shape index (κ1) is 12.0. The van der Waals surface area contributed by atoms with E-state index in [1.807, 2.05) is 0 Å². The van der Waals surface area contributed by atoms with Gasteiger partial charge in [0.2, 0.25) is 0 Å². The number of carbonyl (C=O) groups is 2. The number of likely N-dealkylation sites (N-methyl/N-ethyl adjacent to an activating group) is 1. The van der Waals surface area contributed by atoms with Crippen molar-refractivity contribution in [3.63, 3.8) is 0 Å². The Morgan fingerprint density at radius 2 is 1.94 bits per heavy atom. The summed E-state index contributed by atoms with van der Waals surface area (Å²) in [5.41, 5.74) is 6.95. The lowest BCUT2D eigenvalue weighted by molar-refractivity contribution is -0.147. The maximum absolute atomic E-state index is 11.3. The Morgan fingerprint density at radius 1 is 1.31 bits per heavy atom. The standard InChI is InChI=1S/C11H14N2O3/c1-13-10(14)7-16-11(15)6-8-2-4-9(12)5-3-8/h2-5H,6-7,12H2,1H3,(H,13,14). The number of nitrogen functional groups attached to an aromatic ring is 1. The molecule has 1 amide bonds. The van der Waals surface area contributed by atoms with Crippen LogP contribution in [0.1, 0.15) is 5.56 Å². The molecule has 0 heterocycles. The molecule has 1 rings (SSSR count). The first-order valence-corrected chi connectivity index (χ1v) is 4.82. The average molecular weight is 222 g/mol. The molecule has 5 heteroatoms. The van der Waals surface area contributed by atoms with Crippen molar-refractivity contribution in [2.75, 3.05) is 19.4 Å². The first-order chi connectivity index (χ1) is 7.61. The summed E-state index contributed by atoms with van der Waals surface area (Å²) in [6, 6.07) is 6.91. The molecule has 0 atom stereocenters. The van der Waals surface area contributed by atoms with E-state index in [4.69, 9.17) is 10.5 Å². The highest BCUT2D eigenvalue weighted by Crippen LogP contribution is 2.06. The van der Waals surface area contributed by atoms with Gasteiger partial charge in [0.05, 0.1) is 6.42 Å². The SMILES string of the molecule is CNC(=O)COC(=O)Cc1ccc(N)cc1. The lowest BCUT2D eigenvalue weighted by Crippen LogP contribution is -2.25. The second kappa shape index (κ2) is 5.75. The maximum atomic E-state index is 11.3. The Kier molecular flexibility index (Phi) is 4.32. The summed E-state index contributed by atoms with van der Waals surface area (Å²) in [5, 5.41) is 2.36. The predicted octanol–water partition coefficient (Wildman–Crippen LogP) is 0.100. The summed E-state index contributed by atoms with van der Waals surface area (Å²) in [5.74, 6) is -0.765. The van der Waals surface area contributed by atoms with Crippen molar-refractivity contribution >= 4 is 17.6 Å². The monoisotopic (exact) mass is 222 g/mol. The molecule has 0 fully saturated rings. The summed E-state index contributed by atoms with van der Waals surface area (Å²) < 4.78 is 4.75. The van der Waals surface area contributed by atoms with Gasteiger partial charge in [-0.25, -0.2) is 0 Å². The fourth-order valence-corrected chi connectivity index (χ4v) is 1.07. The van der Waals surface area contributed by atoms with Crippen molar-refractivity contribution in [3.05, 3.63) is 29.8 Å². The number of carbonyl (C=O) groups excluding carboxylic acids is 2. The fourth-order valence-electron chi connectivity index (χ4n) is 1.07. The van der Waals surface area contributed by atoms with Gasteiger partial charge in [-0.05, 0) is 17.7 Å². The van der Waals surface area contributed by atoms with Crippen LogP contribution in [0.25, 0.3) is 0 Å². The minimum absolute atomic E-state index is 0.136. The van der Waals surface area contributed by atoms with Crippen LogP contribution in [0.5, 0.6) is 0 Å². The van der Waals surface area contributed by atoms with Crippen LogP contribution in [0.3, 0.4) is 0 Å². The normalized spacial score (nSPS) is 9.56. The maximum Gasteiger partial charge on any atom is 0.310 e. The van der Waals surface area contributed by atoms with E-state index < -0.39 is 5.97 Å². The fraction of sp³-hybridized carbons (Fsp3) is 0.273. The number of nitrogens with one attached hydrogen (secondary N) is 1. The van der Waals surface area contributed by atoms with E-state index in [1.54, 1.807) is 24.3 Å². The van der Waals surface area contributed by atoms with Crippen LogP contribution in [-0.2, 0) is 20.7 Å². The molecular formula is C11H14N2O3. The number of rotatable bonds is 4. The van der Waals surface area contributed by atoms with Crippen LogP contribution in [0.4, 0.5) is 5.69 Å². The van der Waals surface area contributed by atoms with Gasteiger partial charge in [-0.2, -0.15) is 0 Å². The molecule has 0 aliphatic heterocycles. The molecule has 86 valence electrons. The smallest absolute Gasteiger partial charge is 0.310 e. The van der Waals surface area contributed by atoms with E-state index in [1.165, 1.54) is 7.05 Å². The molecule has 0 spiro atoms. The second-order valence-electron chi connectivity index (χ2n) is 3.25. The lowest BCUT2D eigenvalue weighted by atomic mass is 10.1. The van der Waals surface area contributed by atoms with Gasteiger partial charge in [0.25, 0.3) is 5.91 Å². The van der Waals surface area contributed by atoms with Gasteiger partial charge in [-0.15, -0.1) is 0 Å². The van der Waals surface area contributed by atoms with E-state index in [2.05, 4.69) is 5.32 Å². The van der Waals surface area contributed by atoms with E-state index in [0.717, 1.165) is 5.56 Å². The third-order valence-corrected chi connectivity index (χ3v) is 1.97. The minimum atomic E-state index is -0.437. The number of nitrogens with two attached hydrogens (primary N) is 1. The molecular weight excluding hydrogens is 208 g/mol. The third kappa shape index (κ3) is 4.00. The molecule has 1 aromatic rings. The number of anilines is 1. The number of benzene rings is 1. The van der Waals surface area contributed by atoms with Gasteiger partial charge in [0.15, 0.2) is 6.61 Å². The second-order valence-corrected chi connectivity index (χ2v) is 3.25. The number of hydrogen-bond donors (Lipinski definition) is 2. The predicted molar refractivity (Wildman–Crippen MR) is 59.6 cm³/mol. The highest BCUT2D eigenvalue weighted by Gasteiger charge is 2.06. The molecule has 0 bridgehead atoms. The van der Waals surface area contributed by atoms with Crippen LogP contribution in [0.2, 0.25) is 0 Å². The molecule has 0 unspecified atom stereocenters. The molecule has 0 aliphatic carbocycles. The summed E-state index contributed by atoms with van der Waals surface area (Å²) in [4.78, 5) is 22.1. The van der Waals surface area contributed by atoms with Crippen LogP contribution in [0, 0.1) is 0 Å². The highest BCUT2D eigenvalue weighted by atomic mass is 16.5. The molecule has 0 aliphatic rings. The number of hydrogen-bond acceptors (Lipinski definition) is 4. The summed E-state index contributed by atoms with van der Waals surface area (Å²) >= 11 is 0. The Hall–Kier alpha value is -2.04. The van der Waals surface area contributed by atoms with Crippen LogP contribution < -0.4 is 11.1 Å². The largest absolute Gasteiger partial charge is 0.455 e. The quantitative estimate of drug-likeness (QED) is 0.559. The first-order valence-electron chi connectivity index (χ1n) is 4.82. The Bertz CT molecular complexity index is 373. The molecule has 1 aromatic carbocycles. The molecule has 0 radical (unpaired) electrons. The van der Waals surface area contributed by atoms with E-state index in [9.17, 15) is 9.59 Å². The zero-order valence-electron chi connectivity index (χ0n) is 9.03. The summed E-state index contributed by atoms with van der Waals surface area (Å²) in [6.07, 6.45) is 0.136. The van der Waals surface area contributed by atoms with Crippen molar-refractivity contribution < 1.29 is 14.3 Å². The third-order valence-electron chi connectivity index (χ3n) is 1.97. The van der Waals surface area contributed by atoms with Crippen molar-refractivity contribution in [3.8, 4) is 0 Å². The molecule has 16 heavy (non-hydrogen) atoms. The van der Waals surface area contributed by atoms with E-state index in [0.29, 0.717) is 5.69 Å². The van der Waals surface area contributed by atoms with Crippen LogP contribution in [0.15, 0.2) is 24.3 Å². The molecule has 0 saturated heterocycles. The number of ether oxygens (including phenoxy) is 1. The van der Waals surface area contributed by atoms with Crippen LogP contribution >= 0.6 is 0 Å². The lowest BCUT2D eigenvalue weighted by Gasteiger charge is -2.04.